The van der Waals surface area contributed by atoms with Gasteiger partial charge in [0.2, 0.25) is 23.3 Å². The van der Waals surface area contributed by atoms with E-state index in [9.17, 15) is 52.7 Å². The van der Waals surface area contributed by atoms with Crippen LogP contribution in [0.3, 0.4) is 0 Å². The van der Waals surface area contributed by atoms with Gasteiger partial charge < -0.3 is 18.9 Å². The molecule has 0 saturated heterocycles. The quantitative estimate of drug-likeness (QED) is 0.217. The van der Waals surface area contributed by atoms with E-state index >= 15 is 35.1 Å². The van der Waals surface area contributed by atoms with Crippen LogP contribution in [0.4, 0.5) is 87.8 Å². The first-order valence-electron chi connectivity index (χ1n) is 10.6. The van der Waals surface area contributed by atoms with E-state index in [0.717, 1.165) is 0 Å². The fourth-order valence-corrected chi connectivity index (χ4v) is 4.76. The zero-order valence-corrected chi connectivity index (χ0v) is 19.8. The third-order valence-electron chi connectivity index (χ3n) is 6.61. The molecular formula is C20BF20O4-. The van der Waals surface area contributed by atoms with Crippen molar-refractivity contribution in [2.45, 2.75) is 23.0 Å². The molecule has 4 aliphatic rings. The van der Waals surface area contributed by atoms with E-state index in [1.54, 1.807) is 0 Å². The summed E-state index contributed by atoms with van der Waals surface area (Å²) < 4.78 is 308. The summed E-state index contributed by atoms with van der Waals surface area (Å²) in [5, 5.41) is 0. The van der Waals surface area contributed by atoms with E-state index in [1.807, 2.05) is 0 Å². The van der Waals surface area contributed by atoms with Crippen molar-refractivity contribution in [2.75, 3.05) is 0 Å². The van der Waals surface area contributed by atoms with E-state index in [0.29, 0.717) is 0 Å². The topological polar surface area (TPSA) is 36.9 Å². The van der Waals surface area contributed by atoms with E-state index in [2.05, 4.69) is 18.9 Å². The lowest BCUT2D eigenvalue weighted by molar-refractivity contribution is -0.189. The highest BCUT2D eigenvalue weighted by atomic mass is 19.2. The minimum absolute atomic E-state index is 2.96. The fraction of sp³-hybridized carbons (Fsp3) is 0.200. The highest BCUT2D eigenvalue weighted by Gasteiger charge is 2.93. The average molecular weight is 695 g/mol. The molecule has 0 spiro atoms. The van der Waals surface area contributed by atoms with Crippen LogP contribution in [0, 0.1) is 0 Å². The molecule has 4 aliphatic heterocycles. The van der Waals surface area contributed by atoms with Crippen LogP contribution in [0.2, 0.25) is 0 Å². The number of allylic oxidation sites excluding steroid dienone is 8. The van der Waals surface area contributed by atoms with Crippen LogP contribution in [-0.4, -0.2) is 29.2 Å². The molecular weight excluding hydrogens is 695 g/mol. The van der Waals surface area contributed by atoms with Gasteiger partial charge in [0.05, 0.1) is 0 Å². The number of ether oxygens (including phenoxy) is 4. The van der Waals surface area contributed by atoms with E-state index in [1.165, 1.54) is 0 Å². The second-order valence-corrected chi connectivity index (χ2v) is 8.72. The SMILES string of the molecule is FC1=C(F)C(F)=C(F)C(F)([B-](C2(F)OC(F)=C(F)C(F)=C2F)(C2(F)OC(F)=C(F)C(F)=C2F)C2(F)OC(F)=C(F)C(F)=C2F)O1. The summed E-state index contributed by atoms with van der Waals surface area (Å²) in [6.45, 7) is 0. The van der Waals surface area contributed by atoms with E-state index in [-0.39, 0.29) is 0 Å². The Labute approximate surface area is 231 Å². The number of halogens is 20. The van der Waals surface area contributed by atoms with Crippen molar-refractivity contribution in [3.63, 3.8) is 0 Å². The Balaban J connectivity index is 2.43. The van der Waals surface area contributed by atoms with Crippen LogP contribution in [0.5, 0.6) is 0 Å². The van der Waals surface area contributed by atoms with Gasteiger partial charge in [-0.05, 0) is 0 Å². The predicted octanol–water partition coefficient (Wildman–Crippen LogP) is 9.41. The summed E-state index contributed by atoms with van der Waals surface area (Å²) in [5.74, 6) is -77.2. The molecule has 45 heavy (non-hydrogen) atoms. The molecule has 0 aliphatic carbocycles. The lowest BCUT2D eigenvalue weighted by atomic mass is 9.08. The monoisotopic (exact) mass is 695 g/mol. The Morgan fingerprint density at radius 2 is 0.444 bits per heavy atom. The molecule has 0 amide bonds. The second-order valence-electron chi connectivity index (χ2n) is 8.72. The summed E-state index contributed by atoms with van der Waals surface area (Å²) in [4.78, 5) is 0. The molecule has 0 aromatic carbocycles. The zero-order valence-electron chi connectivity index (χ0n) is 19.8. The van der Waals surface area contributed by atoms with Crippen LogP contribution >= 0.6 is 0 Å². The Bertz CT molecular complexity index is 1450. The molecule has 0 aromatic rings. The molecule has 0 saturated carbocycles. The van der Waals surface area contributed by atoms with Gasteiger partial charge in [-0.3, -0.25) is 0 Å². The van der Waals surface area contributed by atoms with Gasteiger partial charge in [-0.15, -0.1) is 0 Å². The van der Waals surface area contributed by atoms with Crippen LogP contribution in [0.1, 0.15) is 0 Å². The molecule has 4 heterocycles. The van der Waals surface area contributed by atoms with Crippen molar-refractivity contribution in [3.05, 3.63) is 94.0 Å². The summed E-state index contributed by atoms with van der Waals surface area (Å²) in [7, 11) is 0. The van der Waals surface area contributed by atoms with Gasteiger partial charge in [-0.25, -0.2) is 52.7 Å². The lowest BCUT2D eigenvalue weighted by Gasteiger charge is -2.63. The molecule has 0 aromatic heterocycles. The highest BCUT2D eigenvalue weighted by Crippen LogP contribution is 2.68. The lowest BCUT2D eigenvalue weighted by Crippen LogP contribution is -2.90. The van der Waals surface area contributed by atoms with Crippen LogP contribution < -0.4 is 0 Å². The maximum Gasteiger partial charge on any atom is 0.368 e. The van der Waals surface area contributed by atoms with E-state index in [4.69, 9.17) is 0 Å². The molecule has 0 N–H and O–H groups in total. The average Bonchev–Trinajstić information content (AvgIpc) is 2.97. The summed E-state index contributed by atoms with van der Waals surface area (Å²) in [6.07, 6.45) is -8.98. The second kappa shape index (κ2) is 9.89. The van der Waals surface area contributed by atoms with Gasteiger partial charge >= 0.3 is 30.2 Å². The standard InChI is InChI=1S/C20BF20O4/c22-1-5(26)13(34)42-17(38,9(1)30)21(18(39)10(31)2(23)6(27)14(35)43-18,19(40)11(32)3(24)7(28)15(36)44-19)20(41)12(33)4(25)8(29)16(37)45-20/q-1. The number of hydrogen-bond acceptors (Lipinski definition) is 4. The molecule has 4 rings (SSSR count). The predicted molar refractivity (Wildman–Crippen MR) is 99.4 cm³/mol. The first-order chi connectivity index (χ1) is 20.4. The largest absolute Gasteiger partial charge is 0.461 e. The van der Waals surface area contributed by atoms with E-state index < -0.39 is 123 Å². The number of hydrogen-bond donors (Lipinski definition) is 0. The number of alkyl halides is 4. The normalized spacial score (nSPS) is 34.8. The third-order valence-corrected chi connectivity index (χ3v) is 6.61. The summed E-state index contributed by atoms with van der Waals surface area (Å²) in [6, 6.07) is -15.5. The van der Waals surface area contributed by atoms with Gasteiger partial charge in [-0.2, -0.15) is 35.1 Å². The van der Waals surface area contributed by atoms with Crippen molar-refractivity contribution in [3.8, 4) is 0 Å². The number of rotatable bonds is 4. The van der Waals surface area contributed by atoms with Crippen LogP contribution in [-0.2, 0) is 18.9 Å². The molecule has 4 nitrogen and oxygen atoms in total. The van der Waals surface area contributed by atoms with Gasteiger partial charge in [0.25, 0.3) is 0 Å². The van der Waals surface area contributed by atoms with Gasteiger partial charge in [0, 0.05) is 0 Å². The fourth-order valence-electron chi connectivity index (χ4n) is 4.76. The van der Waals surface area contributed by atoms with Gasteiger partial charge in [-0.1, -0.05) is 0 Å². The molecule has 4 atom stereocenters. The third kappa shape index (κ3) is 3.71. The minimum Gasteiger partial charge on any atom is -0.461 e. The van der Waals surface area contributed by atoms with Gasteiger partial charge in [0.15, 0.2) is 69.6 Å². The molecule has 4 unspecified atom stereocenters. The summed E-state index contributed by atoms with van der Waals surface area (Å²) in [5.41, 5.74) is 0. The first-order valence-corrected chi connectivity index (χ1v) is 10.6. The van der Waals surface area contributed by atoms with Crippen molar-refractivity contribution in [1.29, 1.82) is 0 Å². The van der Waals surface area contributed by atoms with Crippen LogP contribution in [0.15, 0.2) is 94.0 Å². The van der Waals surface area contributed by atoms with Crippen LogP contribution in [0.25, 0.3) is 0 Å². The molecule has 248 valence electrons. The molecule has 0 fully saturated rings. The van der Waals surface area contributed by atoms with Crippen molar-refractivity contribution < 1.29 is 107 Å². The van der Waals surface area contributed by atoms with Crippen molar-refractivity contribution >= 4 is 6.15 Å². The highest BCUT2D eigenvalue weighted by molar-refractivity contribution is 6.91. The maximum absolute atomic E-state index is 16.7. The molecule has 25 heteroatoms. The first kappa shape index (κ1) is 33.7. The Kier molecular flexibility index (Phi) is 7.40. The van der Waals surface area contributed by atoms with Crippen molar-refractivity contribution in [1.82, 2.24) is 0 Å². The Morgan fingerprint density at radius 3 is 0.600 bits per heavy atom. The Hall–Kier alpha value is -4.22. The smallest absolute Gasteiger partial charge is 0.368 e. The molecule has 0 radical (unpaired) electrons. The molecule has 0 bridgehead atoms. The Morgan fingerprint density at radius 1 is 0.289 bits per heavy atom. The van der Waals surface area contributed by atoms with Gasteiger partial charge in [0.1, 0.15) is 0 Å². The van der Waals surface area contributed by atoms with Crippen molar-refractivity contribution in [2.24, 2.45) is 0 Å². The maximum atomic E-state index is 16.7. The zero-order chi connectivity index (χ0) is 34.6. The minimum atomic E-state index is -8.98. The summed E-state index contributed by atoms with van der Waals surface area (Å²) >= 11 is 0.